The van der Waals surface area contributed by atoms with E-state index in [9.17, 15) is 0 Å². The number of halogens is 1. The van der Waals surface area contributed by atoms with Crippen LogP contribution < -0.4 is 10.1 Å². The molecule has 0 amide bonds. The molecule has 0 heterocycles. The molecule has 1 aromatic carbocycles. The van der Waals surface area contributed by atoms with E-state index in [0.717, 1.165) is 12.1 Å². The van der Waals surface area contributed by atoms with E-state index in [0.29, 0.717) is 16.6 Å². The SMILES string of the molecule is COc1ccc(CNCS)cc1Cl. The van der Waals surface area contributed by atoms with Crippen LogP contribution in [0.2, 0.25) is 5.02 Å². The van der Waals surface area contributed by atoms with Gasteiger partial charge in [-0.25, -0.2) is 0 Å². The van der Waals surface area contributed by atoms with Crippen LogP contribution in [-0.4, -0.2) is 13.0 Å². The molecule has 0 saturated carbocycles. The second-order valence-corrected chi connectivity index (χ2v) is 3.28. The maximum atomic E-state index is 5.94. The highest BCUT2D eigenvalue weighted by Crippen LogP contribution is 2.24. The number of nitrogens with one attached hydrogen (secondary N) is 1. The molecule has 1 aromatic rings. The minimum absolute atomic E-state index is 0.640. The first-order chi connectivity index (χ1) is 6.27. The first-order valence-corrected chi connectivity index (χ1v) is 4.93. The number of hydrogen-bond acceptors (Lipinski definition) is 3. The summed E-state index contributed by atoms with van der Waals surface area (Å²) in [5, 5.41) is 3.73. The monoisotopic (exact) mass is 217 g/mol. The lowest BCUT2D eigenvalue weighted by molar-refractivity contribution is 0.415. The Morgan fingerprint density at radius 3 is 2.85 bits per heavy atom. The maximum absolute atomic E-state index is 5.94. The topological polar surface area (TPSA) is 21.3 Å². The van der Waals surface area contributed by atoms with Crippen molar-refractivity contribution in [1.29, 1.82) is 0 Å². The number of ether oxygens (including phenoxy) is 1. The lowest BCUT2D eigenvalue weighted by Crippen LogP contribution is -2.10. The van der Waals surface area contributed by atoms with Crippen molar-refractivity contribution in [3.8, 4) is 5.75 Å². The quantitative estimate of drug-likeness (QED) is 0.597. The van der Waals surface area contributed by atoms with E-state index < -0.39 is 0 Å². The molecule has 0 aromatic heterocycles. The second kappa shape index (κ2) is 5.37. The third-order valence-corrected chi connectivity index (χ3v) is 2.18. The van der Waals surface area contributed by atoms with E-state index in [2.05, 4.69) is 17.9 Å². The van der Waals surface area contributed by atoms with Gasteiger partial charge in [-0.1, -0.05) is 17.7 Å². The fraction of sp³-hybridized carbons (Fsp3) is 0.333. The molecule has 0 saturated heterocycles. The molecule has 72 valence electrons. The molecule has 0 fully saturated rings. The van der Waals surface area contributed by atoms with Crippen LogP contribution >= 0.6 is 24.2 Å². The molecule has 2 nitrogen and oxygen atoms in total. The number of thiol groups is 1. The first kappa shape index (κ1) is 10.7. The van der Waals surface area contributed by atoms with Crippen LogP contribution in [0.3, 0.4) is 0 Å². The number of hydrogen-bond donors (Lipinski definition) is 2. The number of methoxy groups -OCH3 is 1. The van der Waals surface area contributed by atoms with Crippen molar-refractivity contribution in [3.05, 3.63) is 28.8 Å². The summed E-state index contributed by atoms with van der Waals surface area (Å²) in [5.41, 5.74) is 1.12. The average Bonchev–Trinajstić information content (AvgIpc) is 2.15. The van der Waals surface area contributed by atoms with Crippen molar-refractivity contribution < 1.29 is 4.74 Å². The van der Waals surface area contributed by atoms with Gasteiger partial charge in [0.15, 0.2) is 0 Å². The lowest BCUT2D eigenvalue weighted by atomic mass is 10.2. The number of benzene rings is 1. The Kier molecular flexibility index (Phi) is 4.42. The molecule has 4 heteroatoms. The van der Waals surface area contributed by atoms with Crippen molar-refractivity contribution in [2.75, 3.05) is 13.0 Å². The normalized spacial score (nSPS) is 10.1. The Morgan fingerprint density at radius 2 is 2.31 bits per heavy atom. The van der Waals surface area contributed by atoms with Crippen LogP contribution in [-0.2, 0) is 6.54 Å². The van der Waals surface area contributed by atoms with Crippen molar-refractivity contribution in [2.24, 2.45) is 0 Å². The first-order valence-electron chi connectivity index (χ1n) is 3.92. The average molecular weight is 218 g/mol. The van der Waals surface area contributed by atoms with Crippen LogP contribution in [0, 0.1) is 0 Å². The largest absolute Gasteiger partial charge is 0.495 e. The number of rotatable bonds is 4. The van der Waals surface area contributed by atoms with Crippen LogP contribution in [0.15, 0.2) is 18.2 Å². The molecule has 13 heavy (non-hydrogen) atoms. The van der Waals surface area contributed by atoms with Gasteiger partial charge in [0.1, 0.15) is 5.75 Å². The summed E-state index contributed by atoms with van der Waals surface area (Å²) in [6.45, 7) is 0.771. The zero-order valence-electron chi connectivity index (χ0n) is 7.38. The van der Waals surface area contributed by atoms with Gasteiger partial charge in [0.05, 0.1) is 12.1 Å². The summed E-state index contributed by atoms with van der Waals surface area (Å²) in [5.74, 6) is 1.36. The summed E-state index contributed by atoms with van der Waals surface area (Å²) in [7, 11) is 1.60. The van der Waals surface area contributed by atoms with Gasteiger partial charge in [-0.15, -0.1) is 0 Å². The maximum Gasteiger partial charge on any atom is 0.137 e. The van der Waals surface area contributed by atoms with Crippen LogP contribution in [0.4, 0.5) is 0 Å². The van der Waals surface area contributed by atoms with Crippen molar-refractivity contribution in [3.63, 3.8) is 0 Å². The molecule has 0 aliphatic carbocycles. The lowest BCUT2D eigenvalue weighted by Gasteiger charge is -2.05. The molecular formula is C9H12ClNOS. The molecule has 0 spiro atoms. The summed E-state index contributed by atoms with van der Waals surface area (Å²) < 4.78 is 5.04. The Hall–Kier alpha value is -0.380. The molecule has 0 aliphatic heterocycles. The van der Waals surface area contributed by atoms with E-state index in [1.54, 1.807) is 7.11 Å². The zero-order chi connectivity index (χ0) is 9.68. The van der Waals surface area contributed by atoms with Crippen molar-refractivity contribution in [1.82, 2.24) is 5.32 Å². The van der Waals surface area contributed by atoms with Crippen LogP contribution in [0.25, 0.3) is 0 Å². The van der Waals surface area contributed by atoms with Gasteiger partial charge in [0.25, 0.3) is 0 Å². The minimum Gasteiger partial charge on any atom is -0.495 e. The van der Waals surface area contributed by atoms with E-state index >= 15 is 0 Å². The summed E-state index contributed by atoms with van der Waals surface area (Å²) in [6.07, 6.45) is 0. The molecule has 0 unspecified atom stereocenters. The predicted octanol–water partition coefficient (Wildman–Crippen LogP) is 2.33. The fourth-order valence-electron chi connectivity index (χ4n) is 1.02. The predicted molar refractivity (Wildman–Crippen MR) is 58.7 cm³/mol. The van der Waals surface area contributed by atoms with E-state index in [4.69, 9.17) is 16.3 Å². The Balaban J connectivity index is 2.71. The highest BCUT2D eigenvalue weighted by molar-refractivity contribution is 7.80. The van der Waals surface area contributed by atoms with E-state index in [1.807, 2.05) is 18.2 Å². The van der Waals surface area contributed by atoms with Crippen LogP contribution in [0.1, 0.15) is 5.56 Å². The minimum atomic E-state index is 0.640. The molecule has 1 rings (SSSR count). The van der Waals surface area contributed by atoms with Gasteiger partial charge in [-0.3, -0.25) is 0 Å². The fourth-order valence-corrected chi connectivity index (χ4v) is 1.41. The second-order valence-electron chi connectivity index (χ2n) is 2.55. The zero-order valence-corrected chi connectivity index (χ0v) is 9.03. The van der Waals surface area contributed by atoms with Gasteiger partial charge in [-0.2, -0.15) is 12.6 Å². The molecule has 0 radical (unpaired) electrons. The molecule has 0 aliphatic rings. The summed E-state index contributed by atoms with van der Waals surface area (Å²) in [4.78, 5) is 0. The molecule has 0 bridgehead atoms. The van der Waals surface area contributed by atoms with Gasteiger partial charge >= 0.3 is 0 Å². The Labute approximate surface area is 88.6 Å². The van der Waals surface area contributed by atoms with Gasteiger partial charge in [0.2, 0.25) is 0 Å². The van der Waals surface area contributed by atoms with Gasteiger partial charge < -0.3 is 10.1 Å². The molecular weight excluding hydrogens is 206 g/mol. The Morgan fingerprint density at radius 1 is 1.54 bits per heavy atom. The highest BCUT2D eigenvalue weighted by Gasteiger charge is 2.00. The third-order valence-electron chi connectivity index (χ3n) is 1.66. The van der Waals surface area contributed by atoms with Crippen molar-refractivity contribution >= 4 is 24.2 Å². The van der Waals surface area contributed by atoms with E-state index in [1.165, 1.54) is 0 Å². The smallest absolute Gasteiger partial charge is 0.137 e. The van der Waals surface area contributed by atoms with Gasteiger partial charge in [0, 0.05) is 12.4 Å². The van der Waals surface area contributed by atoms with Crippen molar-refractivity contribution in [2.45, 2.75) is 6.54 Å². The molecule has 1 N–H and O–H groups in total. The third kappa shape index (κ3) is 3.10. The van der Waals surface area contributed by atoms with E-state index in [-0.39, 0.29) is 0 Å². The van der Waals surface area contributed by atoms with Crippen LogP contribution in [0.5, 0.6) is 5.75 Å². The summed E-state index contributed by atoms with van der Waals surface area (Å²) in [6, 6.07) is 5.72. The summed E-state index contributed by atoms with van der Waals surface area (Å²) >= 11 is 9.98. The standard InChI is InChI=1S/C9H12ClNOS/c1-12-9-3-2-7(4-8(9)10)5-11-6-13/h2-4,11,13H,5-6H2,1H3. The Bertz CT molecular complexity index is 280. The highest BCUT2D eigenvalue weighted by atomic mass is 35.5. The molecule has 0 atom stereocenters. The van der Waals surface area contributed by atoms with Gasteiger partial charge in [-0.05, 0) is 17.7 Å².